The Kier molecular flexibility index (Phi) is 19.7. The number of hydrogen-bond donors (Lipinski definition) is 8. The first kappa shape index (κ1) is 37.4. The van der Waals surface area contributed by atoms with Crippen LogP contribution >= 0.6 is 0 Å². The van der Waals surface area contributed by atoms with Gasteiger partial charge in [-0.2, -0.15) is 0 Å². The van der Waals surface area contributed by atoms with E-state index in [0.717, 1.165) is 22.3 Å². The van der Waals surface area contributed by atoms with Gasteiger partial charge in [0.25, 0.3) is 0 Å². The number of rotatable bonds is 11. The number of unbranched alkanes of at least 4 members (excludes halogenated alkanes) is 1. The molecule has 0 aromatic heterocycles. The fraction of sp³-hybridized carbons (Fsp3) is 0.267. The van der Waals surface area contributed by atoms with E-state index in [9.17, 15) is 19.2 Å². The molecule has 0 aliphatic rings. The molecule has 12 N–H and O–H groups in total. The molecule has 0 saturated carbocycles. The SMILES string of the molecule is NCc1ccc(CN)cc1.NCc1cccc(CN)c1.O=C(O)CCCCC(=O)O.O=C(O)c1ccc(C(=O)O)cc1. The number of carbonyl (C=O) groups is 4. The fourth-order valence-electron chi connectivity index (χ4n) is 3.00. The lowest BCUT2D eigenvalue weighted by molar-refractivity contribution is -0.139. The molecular weight excluding hydrogens is 544 g/mol. The third-order valence-corrected chi connectivity index (χ3v) is 5.37. The van der Waals surface area contributed by atoms with E-state index in [1.54, 1.807) is 0 Å². The lowest BCUT2D eigenvalue weighted by Crippen LogP contribution is -2.00. The molecule has 228 valence electrons. The normalized spacial score (nSPS) is 9.52. The van der Waals surface area contributed by atoms with Crippen molar-refractivity contribution in [1.82, 2.24) is 0 Å². The number of aliphatic carboxylic acids is 2. The minimum Gasteiger partial charge on any atom is -0.481 e. The maximum absolute atomic E-state index is 10.3. The third kappa shape index (κ3) is 17.9. The van der Waals surface area contributed by atoms with Crippen LogP contribution in [0.3, 0.4) is 0 Å². The highest BCUT2D eigenvalue weighted by atomic mass is 16.4. The third-order valence-electron chi connectivity index (χ3n) is 5.37. The zero-order chi connectivity index (χ0) is 31.9. The van der Waals surface area contributed by atoms with E-state index in [-0.39, 0.29) is 24.0 Å². The molecule has 0 amide bonds. The van der Waals surface area contributed by atoms with Crippen molar-refractivity contribution >= 4 is 23.9 Å². The Balaban J connectivity index is 0.000000536. The zero-order valence-electron chi connectivity index (χ0n) is 23.3. The number of carboxylic acids is 4. The number of nitrogens with two attached hydrogens (primary N) is 4. The standard InChI is InChI=1S/2C8H12N2.C8H6O4.C6H10O4/c9-5-7-1-2-8(6-10)4-3-7;9-5-7-2-1-3-8(4-7)6-10;9-7(10)5-1-2-6(4-3-5)8(11)12;7-5(8)3-1-2-4-6(9)10/h2*1-4H,5-6,9-10H2;1-4H,(H,9,10)(H,11,12);1-4H2,(H,7,8)(H,9,10). The van der Waals surface area contributed by atoms with Gasteiger partial charge in [0.15, 0.2) is 0 Å². The fourth-order valence-corrected chi connectivity index (χ4v) is 3.00. The van der Waals surface area contributed by atoms with Crippen LogP contribution in [0.4, 0.5) is 0 Å². The van der Waals surface area contributed by atoms with Gasteiger partial charge in [-0.05, 0) is 59.4 Å². The highest BCUT2D eigenvalue weighted by molar-refractivity contribution is 5.91. The molecule has 0 fully saturated rings. The first-order chi connectivity index (χ1) is 20.0. The van der Waals surface area contributed by atoms with Gasteiger partial charge >= 0.3 is 23.9 Å². The first-order valence-electron chi connectivity index (χ1n) is 12.9. The molecule has 0 aliphatic carbocycles. The second kappa shape index (κ2) is 22.1. The van der Waals surface area contributed by atoms with Crippen molar-refractivity contribution < 1.29 is 39.6 Å². The van der Waals surface area contributed by atoms with E-state index in [1.165, 1.54) is 24.3 Å². The van der Waals surface area contributed by atoms with Gasteiger partial charge in [-0.15, -0.1) is 0 Å². The van der Waals surface area contributed by atoms with Gasteiger partial charge in [0.1, 0.15) is 0 Å². The summed E-state index contributed by atoms with van der Waals surface area (Å²) in [7, 11) is 0. The van der Waals surface area contributed by atoms with Crippen LogP contribution in [0.25, 0.3) is 0 Å². The smallest absolute Gasteiger partial charge is 0.335 e. The predicted molar refractivity (Wildman–Crippen MR) is 159 cm³/mol. The minimum atomic E-state index is -1.06. The highest BCUT2D eigenvalue weighted by Crippen LogP contribution is 2.05. The maximum Gasteiger partial charge on any atom is 0.335 e. The molecule has 0 bridgehead atoms. The molecule has 0 spiro atoms. The quantitative estimate of drug-likeness (QED) is 0.151. The van der Waals surface area contributed by atoms with E-state index in [0.29, 0.717) is 39.0 Å². The molecule has 3 rings (SSSR count). The molecule has 0 atom stereocenters. The second-order valence-electron chi connectivity index (χ2n) is 8.64. The van der Waals surface area contributed by atoms with Crippen LogP contribution in [0.5, 0.6) is 0 Å². The Morgan fingerprint density at radius 1 is 0.476 bits per heavy atom. The summed E-state index contributed by atoms with van der Waals surface area (Å²) in [5.74, 6) is -3.87. The topological polar surface area (TPSA) is 253 Å². The second-order valence-corrected chi connectivity index (χ2v) is 8.64. The Morgan fingerprint density at radius 2 is 0.786 bits per heavy atom. The number of carboxylic acid groups (broad SMARTS) is 4. The molecule has 3 aromatic rings. The van der Waals surface area contributed by atoms with Crippen LogP contribution in [-0.2, 0) is 35.8 Å². The van der Waals surface area contributed by atoms with Crippen LogP contribution in [0, 0.1) is 0 Å². The van der Waals surface area contributed by atoms with Gasteiger partial charge in [0.2, 0.25) is 0 Å². The van der Waals surface area contributed by atoms with Crippen molar-refractivity contribution in [2.45, 2.75) is 51.9 Å². The maximum atomic E-state index is 10.3. The van der Waals surface area contributed by atoms with Gasteiger partial charge in [-0.25, -0.2) is 9.59 Å². The monoisotopic (exact) mass is 584 g/mol. The Hall–Kier alpha value is -4.62. The van der Waals surface area contributed by atoms with Gasteiger partial charge in [-0.3, -0.25) is 9.59 Å². The average molecular weight is 585 g/mol. The van der Waals surface area contributed by atoms with E-state index in [4.69, 9.17) is 43.4 Å². The van der Waals surface area contributed by atoms with Gasteiger partial charge in [0, 0.05) is 39.0 Å². The summed E-state index contributed by atoms with van der Waals surface area (Å²) in [6.07, 6.45) is 1.02. The van der Waals surface area contributed by atoms with Crippen molar-refractivity contribution in [3.8, 4) is 0 Å². The van der Waals surface area contributed by atoms with Crippen LogP contribution in [0.15, 0.2) is 72.8 Å². The van der Waals surface area contributed by atoms with Crippen molar-refractivity contribution in [3.05, 3.63) is 106 Å². The number of hydrogen-bond acceptors (Lipinski definition) is 8. The van der Waals surface area contributed by atoms with Crippen molar-refractivity contribution in [3.63, 3.8) is 0 Å². The van der Waals surface area contributed by atoms with Crippen LogP contribution in [0.2, 0.25) is 0 Å². The van der Waals surface area contributed by atoms with Crippen LogP contribution < -0.4 is 22.9 Å². The Labute approximate surface area is 244 Å². The molecule has 0 heterocycles. The number of aromatic carboxylic acids is 2. The lowest BCUT2D eigenvalue weighted by atomic mass is 10.1. The predicted octanol–water partition coefficient (Wildman–Crippen LogP) is 3.01. The van der Waals surface area contributed by atoms with Gasteiger partial charge in [0.05, 0.1) is 11.1 Å². The average Bonchev–Trinajstić information content (AvgIpc) is 3.00. The molecule has 42 heavy (non-hydrogen) atoms. The molecule has 12 heteroatoms. The van der Waals surface area contributed by atoms with E-state index in [2.05, 4.69) is 0 Å². The molecule has 3 aromatic carbocycles. The van der Waals surface area contributed by atoms with E-state index in [1.807, 2.05) is 48.5 Å². The van der Waals surface area contributed by atoms with Crippen LogP contribution in [-0.4, -0.2) is 44.3 Å². The summed E-state index contributed by atoms with van der Waals surface area (Å²) >= 11 is 0. The first-order valence-corrected chi connectivity index (χ1v) is 12.9. The Morgan fingerprint density at radius 3 is 1.02 bits per heavy atom. The summed E-state index contributed by atoms with van der Waals surface area (Å²) in [4.78, 5) is 40.5. The van der Waals surface area contributed by atoms with Crippen molar-refractivity contribution in [2.24, 2.45) is 22.9 Å². The lowest BCUT2D eigenvalue weighted by Gasteiger charge is -1.98. The minimum absolute atomic E-state index is 0.0628. The molecule has 0 unspecified atom stereocenters. The summed E-state index contributed by atoms with van der Waals surface area (Å²) in [6, 6.07) is 21.0. The van der Waals surface area contributed by atoms with Crippen molar-refractivity contribution in [2.75, 3.05) is 0 Å². The molecule has 12 nitrogen and oxygen atoms in total. The zero-order valence-corrected chi connectivity index (χ0v) is 23.3. The summed E-state index contributed by atoms with van der Waals surface area (Å²) in [6.45, 7) is 2.39. The molecule has 0 aliphatic heterocycles. The summed E-state index contributed by atoms with van der Waals surface area (Å²) in [5, 5.41) is 33.2. The highest BCUT2D eigenvalue weighted by Gasteiger charge is 2.05. The van der Waals surface area contributed by atoms with E-state index < -0.39 is 23.9 Å². The van der Waals surface area contributed by atoms with Crippen LogP contribution in [0.1, 0.15) is 68.7 Å². The molecule has 0 radical (unpaired) electrons. The van der Waals surface area contributed by atoms with Gasteiger partial charge < -0.3 is 43.4 Å². The Bertz CT molecular complexity index is 1140. The summed E-state index contributed by atoms with van der Waals surface area (Å²) < 4.78 is 0. The molecular formula is C30H40N4O8. The van der Waals surface area contributed by atoms with Gasteiger partial charge in [-0.1, -0.05) is 48.5 Å². The largest absolute Gasteiger partial charge is 0.481 e. The molecule has 0 saturated heterocycles. The van der Waals surface area contributed by atoms with E-state index >= 15 is 0 Å². The summed E-state index contributed by atoms with van der Waals surface area (Å²) in [5.41, 5.74) is 26.4. The number of benzene rings is 3. The van der Waals surface area contributed by atoms with Crippen molar-refractivity contribution in [1.29, 1.82) is 0 Å².